The normalized spacial score (nSPS) is 11.5. The van der Waals surface area contributed by atoms with Gasteiger partial charge < -0.3 is 35.4 Å². The molecule has 17 heteroatoms. The summed E-state index contributed by atoms with van der Waals surface area (Å²) >= 11 is 0. The van der Waals surface area contributed by atoms with E-state index >= 15 is 0 Å². The predicted molar refractivity (Wildman–Crippen MR) is 99.0 cm³/mol. The van der Waals surface area contributed by atoms with E-state index in [4.69, 9.17) is 25.5 Å². The molecule has 0 spiro atoms. The van der Waals surface area contributed by atoms with Crippen molar-refractivity contribution in [1.29, 1.82) is 0 Å². The van der Waals surface area contributed by atoms with E-state index < -0.39 is 72.7 Å². The molecule has 0 aliphatic rings. The molecule has 0 fully saturated rings. The van der Waals surface area contributed by atoms with Crippen LogP contribution < -0.4 is 0 Å². The van der Waals surface area contributed by atoms with E-state index in [2.05, 4.69) is 4.74 Å². The van der Waals surface area contributed by atoms with Crippen molar-refractivity contribution >= 4 is 176 Å². The number of hydrogen-bond acceptors (Lipinski definition) is 8. The molecule has 0 aromatic rings. The first-order chi connectivity index (χ1) is 11.2. The maximum atomic E-state index is 11.7. The van der Waals surface area contributed by atoms with Crippen LogP contribution in [0.25, 0.3) is 0 Å². The predicted octanol–water partition coefficient (Wildman–Crippen LogP) is -4.61. The summed E-state index contributed by atoms with van der Waals surface area (Å²) in [5.41, 5.74) is -6.24. The second kappa shape index (κ2) is 17.9. The van der Waals surface area contributed by atoms with Crippen molar-refractivity contribution in [2.75, 3.05) is 0 Å². The third kappa shape index (κ3) is 15.0. The van der Waals surface area contributed by atoms with Gasteiger partial charge in [0.25, 0.3) is 0 Å². The van der Waals surface area contributed by atoms with Crippen LogP contribution in [0.3, 0.4) is 0 Å². The Hall–Kier alpha value is 1.42. The van der Waals surface area contributed by atoms with Crippen LogP contribution >= 0.6 is 0 Å². The molecule has 0 radical (unpaired) electrons. The minimum atomic E-state index is -3.17. The average molecular weight is 478 g/mol. The van der Waals surface area contributed by atoms with E-state index in [-0.39, 0.29) is 140 Å². The van der Waals surface area contributed by atoms with Crippen LogP contribution in [0.1, 0.15) is 25.7 Å². The molecule has 0 aliphatic carbocycles. The first-order valence-electron chi connectivity index (χ1n) is 6.30. The van der Waals surface area contributed by atoms with Crippen LogP contribution in [0, 0.1) is 0 Å². The van der Waals surface area contributed by atoms with Gasteiger partial charge in [-0.25, -0.2) is 9.59 Å². The van der Waals surface area contributed by atoms with Crippen molar-refractivity contribution in [1.82, 2.24) is 0 Å². The molecule has 0 heterocycles. The molecule has 0 bridgehead atoms. The van der Waals surface area contributed by atoms with Crippen molar-refractivity contribution in [3.8, 4) is 0 Å². The quantitative estimate of drug-likeness (QED) is 0.121. The Kier molecular flexibility index (Phi) is 25.2. The molecule has 1 unspecified atom stereocenters. The number of aliphatic hydroxyl groups is 1. The number of ether oxygens (including phenoxy) is 1. The van der Waals surface area contributed by atoms with Crippen molar-refractivity contribution in [3.63, 3.8) is 0 Å². The molecule has 13 nitrogen and oxygen atoms in total. The Balaban J connectivity index is -0.000000480. The standard InChI is InChI=1S/C12H14O13.K.3Na.4H/c13-5(14)1-11(24,9(20)21)4-8(19)25-12(10(22)23,2-6(15)16)3-7(17)18;;;;;;;;/h24H,1-4H2,(H,13,14)(H,15,16)(H,17,18)(H,20,21)(H,22,23);;;;;;;;. The van der Waals surface area contributed by atoms with Crippen LogP contribution in [-0.2, 0) is 33.5 Å². The Bertz CT molecular complexity index is 610. The summed E-state index contributed by atoms with van der Waals surface area (Å²) in [5.74, 6) is -11.6. The fourth-order valence-corrected chi connectivity index (χ4v) is 1.77. The van der Waals surface area contributed by atoms with Crippen LogP contribution in [-0.4, -0.2) is 218 Å². The zero-order valence-corrected chi connectivity index (χ0v) is 12.4. The molecular weight excluding hydrogens is 460 g/mol. The average Bonchev–Trinajstić information content (AvgIpc) is 2.34. The molecule has 0 aromatic carbocycles. The molecule has 0 amide bonds. The van der Waals surface area contributed by atoms with Crippen LogP contribution in [0.4, 0.5) is 0 Å². The van der Waals surface area contributed by atoms with Gasteiger partial charge in [0, 0.05) is 0 Å². The Morgan fingerprint density at radius 1 is 0.621 bits per heavy atom. The van der Waals surface area contributed by atoms with Crippen molar-refractivity contribution in [2.24, 2.45) is 0 Å². The van der Waals surface area contributed by atoms with E-state index in [1.807, 2.05) is 0 Å². The fourth-order valence-electron chi connectivity index (χ4n) is 1.77. The number of carbonyl (C=O) groups excluding carboxylic acids is 1. The number of esters is 1. The van der Waals surface area contributed by atoms with Gasteiger partial charge in [0.05, 0.1) is 25.7 Å². The third-order valence-corrected chi connectivity index (χ3v) is 2.85. The zero-order valence-electron chi connectivity index (χ0n) is 12.4. The number of carboxylic acids is 5. The van der Waals surface area contributed by atoms with Gasteiger partial charge in [0.1, 0.15) is 0 Å². The summed E-state index contributed by atoms with van der Waals surface area (Å²) in [4.78, 5) is 66.0. The summed E-state index contributed by atoms with van der Waals surface area (Å²) in [7, 11) is 0. The van der Waals surface area contributed by atoms with Gasteiger partial charge in [-0.15, -0.1) is 0 Å². The van der Waals surface area contributed by atoms with Crippen LogP contribution in [0.15, 0.2) is 0 Å². The van der Waals surface area contributed by atoms with Gasteiger partial charge >= 0.3 is 176 Å². The molecule has 29 heavy (non-hydrogen) atoms. The molecule has 6 N–H and O–H groups in total. The molecular formula is C12H18KNa3O13. The minimum absolute atomic E-state index is 0. The first-order valence-corrected chi connectivity index (χ1v) is 6.30. The van der Waals surface area contributed by atoms with E-state index in [0.29, 0.717) is 0 Å². The van der Waals surface area contributed by atoms with Gasteiger partial charge in [-0.05, 0) is 0 Å². The van der Waals surface area contributed by atoms with Gasteiger partial charge in [0.15, 0.2) is 5.60 Å². The molecule has 0 saturated heterocycles. The molecule has 0 rings (SSSR count). The van der Waals surface area contributed by atoms with Gasteiger partial charge in [-0.2, -0.15) is 0 Å². The number of carbonyl (C=O) groups is 6. The van der Waals surface area contributed by atoms with E-state index in [0.717, 1.165) is 0 Å². The monoisotopic (exact) mass is 478 g/mol. The second-order valence-electron chi connectivity index (χ2n) is 5.00. The molecule has 0 aromatic heterocycles. The Morgan fingerprint density at radius 3 is 1.21 bits per heavy atom. The van der Waals surface area contributed by atoms with Crippen LogP contribution in [0.5, 0.6) is 0 Å². The summed E-state index contributed by atoms with van der Waals surface area (Å²) in [6, 6.07) is 0. The number of hydrogen-bond donors (Lipinski definition) is 6. The fraction of sp³-hybridized carbons (Fsp3) is 0.500. The molecule has 0 aliphatic heterocycles. The SMILES string of the molecule is O=C(O)CC(O)(CC(=O)OC(CC(=O)O)(CC(=O)O)C(=O)O)C(=O)O.[KH].[NaH].[NaH].[NaH]. The van der Waals surface area contributed by atoms with E-state index in [1.165, 1.54) is 0 Å². The van der Waals surface area contributed by atoms with Crippen molar-refractivity contribution in [2.45, 2.75) is 36.9 Å². The summed E-state index contributed by atoms with van der Waals surface area (Å²) in [6.45, 7) is 0. The first kappa shape index (κ1) is 40.7. The van der Waals surface area contributed by atoms with Gasteiger partial charge in [-0.3, -0.25) is 19.2 Å². The second-order valence-corrected chi connectivity index (χ2v) is 5.00. The van der Waals surface area contributed by atoms with Crippen molar-refractivity contribution < 1.29 is 64.1 Å². The topological polar surface area (TPSA) is 233 Å². The third-order valence-electron chi connectivity index (χ3n) is 2.85. The summed E-state index contributed by atoms with van der Waals surface area (Å²) in [6.07, 6.45) is -5.94. The Labute approximate surface area is 272 Å². The summed E-state index contributed by atoms with van der Waals surface area (Å²) in [5, 5.41) is 53.5. The maximum absolute atomic E-state index is 11.7. The zero-order chi connectivity index (χ0) is 20.0. The summed E-state index contributed by atoms with van der Waals surface area (Å²) < 4.78 is 4.33. The number of rotatable bonds is 11. The Morgan fingerprint density at radius 2 is 0.966 bits per heavy atom. The number of aliphatic carboxylic acids is 5. The van der Waals surface area contributed by atoms with Gasteiger partial charge in [-0.1, -0.05) is 0 Å². The van der Waals surface area contributed by atoms with Crippen LogP contribution in [0.2, 0.25) is 0 Å². The molecule has 1 atom stereocenters. The molecule has 0 saturated carbocycles. The van der Waals surface area contributed by atoms with E-state index in [9.17, 15) is 33.9 Å². The van der Waals surface area contributed by atoms with E-state index in [1.54, 1.807) is 0 Å². The van der Waals surface area contributed by atoms with Gasteiger partial charge in [0.2, 0.25) is 5.60 Å². The number of carboxylic acid groups (broad SMARTS) is 5. The molecule has 148 valence electrons. The van der Waals surface area contributed by atoms with Crippen molar-refractivity contribution in [3.05, 3.63) is 0 Å².